The quantitative estimate of drug-likeness (QED) is 0.662. The van der Waals surface area contributed by atoms with E-state index in [9.17, 15) is 19.7 Å². The van der Waals surface area contributed by atoms with Gasteiger partial charge in [0.1, 0.15) is 0 Å². The Kier molecular flexibility index (Phi) is 5.39. The first kappa shape index (κ1) is 18.2. The second kappa shape index (κ2) is 7.72. The van der Waals surface area contributed by atoms with Crippen LogP contribution in [-0.2, 0) is 4.79 Å². The number of anilines is 1. The molecule has 1 aromatic rings. The van der Waals surface area contributed by atoms with Gasteiger partial charge in [-0.05, 0) is 38.7 Å². The number of piperidine rings is 1. The Morgan fingerprint density at radius 2 is 1.73 bits per heavy atom. The molecule has 2 aliphatic rings. The van der Waals surface area contributed by atoms with Crippen LogP contribution < -0.4 is 5.32 Å². The van der Waals surface area contributed by atoms with Crippen molar-refractivity contribution in [3.05, 3.63) is 33.9 Å². The van der Waals surface area contributed by atoms with E-state index in [0.29, 0.717) is 37.2 Å². The topological polar surface area (TPSA) is 95.8 Å². The third-order valence-corrected chi connectivity index (χ3v) is 5.27. The number of urea groups is 1. The molecule has 26 heavy (non-hydrogen) atoms. The largest absolute Gasteiger partial charge is 0.325 e. The number of nitro groups is 1. The Labute approximate surface area is 152 Å². The van der Waals surface area contributed by atoms with Crippen molar-refractivity contribution in [3.8, 4) is 0 Å². The maximum Gasteiger partial charge on any atom is 0.319 e. The molecule has 0 spiro atoms. The molecule has 1 N–H and O–H groups in total. The number of hydrogen-bond donors (Lipinski definition) is 1. The molecule has 2 fully saturated rings. The molecule has 8 heteroatoms. The van der Waals surface area contributed by atoms with Gasteiger partial charge >= 0.3 is 6.03 Å². The predicted molar refractivity (Wildman–Crippen MR) is 97.0 cm³/mol. The third-order valence-electron chi connectivity index (χ3n) is 5.27. The Hall–Kier alpha value is -2.64. The minimum absolute atomic E-state index is 0.00571. The van der Waals surface area contributed by atoms with Gasteiger partial charge in [-0.2, -0.15) is 0 Å². The van der Waals surface area contributed by atoms with Gasteiger partial charge in [-0.1, -0.05) is 6.07 Å². The number of rotatable bonds is 3. The first-order valence-corrected chi connectivity index (χ1v) is 9.06. The molecule has 0 radical (unpaired) electrons. The third kappa shape index (κ3) is 3.79. The van der Waals surface area contributed by atoms with E-state index in [1.165, 1.54) is 6.07 Å². The zero-order valence-electron chi connectivity index (χ0n) is 14.9. The van der Waals surface area contributed by atoms with Crippen molar-refractivity contribution < 1.29 is 14.5 Å². The lowest BCUT2D eigenvalue weighted by Crippen LogP contribution is -2.47. The fourth-order valence-electron chi connectivity index (χ4n) is 3.63. The van der Waals surface area contributed by atoms with Crippen molar-refractivity contribution in [2.75, 3.05) is 31.5 Å². The maximum atomic E-state index is 12.5. The Balaban J connectivity index is 1.56. The van der Waals surface area contributed by atoms with Gasteiger partial charge < -0.3 is 15.1 Å². The molecule has 3 amide bonds. The summed E-state index contributed by atoms with van der Waals surface area (Å²) in [5, 5.41) is 13.8. The molecule has 0 aliphatic carbocycles. The zero-order valence-corrected chi connectivity index (χ0v) is 14.9. The van der Waals surface area contributed by atoms with Crippen molar-refractivity contribution in [1.82, 2.24) is 9.80 Å². The Morgan fingerprint density at radius 1 is 1.12 bits per heavy atom. The molecule has 8 nitrogen and oxygen atoms in total. The number of likely N-dealkylation sites (tertiary alicyclic amines) is 2. The highest BCUT2D eigenvalue weighted by Crippen LogP contribution is 2.27. The van der Waals surface area contributed by atoms with Crippen LogP contribution in [0, 0.1) is 23.0 Å². The molecular formula is C18H24N4O4. The number of nitro benzene ring substituents is 1. The smallest absolute Gasteiger partial charge is 0.319 e. The average molecular weight is 360 g/mol. The summed E-state index contributed by atoms with van der Waals surface area (Å²) in [4.78, 5) is 39.2. The molecule has 0 atom stereocenters. The molecule has 0 aromatic heterocycles. The number of carbonyl (C=O) groups excluding carboxylic acids is 2. The zero-order chi connectivity index (χ0) is 18.7. The summed E-state index contributed by atoms with van der Waals surface area (Å²) < 4.78 is 0. The number of nitrogens with zero attached hydrogens (tertiary/aromatic N) is 3. The van der Waals surface area contributed by atoms with Crippen molar-refractivity contribution in [3.63, 3.8) is 0 Å². The Morgan fingerprint density at radius 3 is 2.35 bits per heavy atom. The van der Waals surface area contributed by atoms with Crippen LogP contribution in [0.15, 0.2) is 18.2 Å². The molecular weight excluding hydrogens is 336 g/mol. The molecule has 3 rings (SSSR count). The summed E-state index contributed by atoms with van der Waals surface area (Å²) in [5.41, 5.74) is 0.918. The predicted octanol–water partition coefficient (Wildman–Crippen LogP) is 2.77. The van der Waals surface area contributed by atoms with Crippen molar-refractivity contribution in [1.29, 1.82) is 0 Å². The van der Waals surface area contributed by atoms with Gasteiger partial charge in [0.2, 0.25) is 5.91 Å². The van der Waals surface area contributed by atoms with E-state index in [1.54, 1.807) is 19.1 Å². The minimum Gasteiger partial charge on any atom is -0.325 e. The van der Waals surface area contributed by atoms with Gasteiger partial charge in [0.05, 0.1) is 16.2 Å². The lowest BCUT2D eigenvalue weighted by Gasteiger charge is -2.34. The standard InChI is InChI=1S/C18H24N4O4/c1-13-15(5-4-6-16(13)22(25)26)19-17(23)14-7-11-21(12-8-14)18(24)20-9-2-3-10-20/h4-6,14H,2-3,7-12H2,1H3,(H,19,23). The van der Waals surface area contributed by atoms with Crippen LogP contribution in [0.1, 0.15) is 31.2 Å². The molecule has 0 saturated carbocycles. The van der Waals surface area contributed by atoms with Gasteiger partial charge in [-0.25, -0.2) is 4.79 Å². The fourth-order valence-corrected chi connectivity index (χ4v) is 3.63. The molecule has 0 unspecified atom stereocenters. The molecule has 2 heterocycles. The van der Waals surface area contributed by atoms with Crippen LogP contribution in [0.3, 0.4) is 0 Å². The lowest BCUT2D eigenvalue weighted by molar-refractivity contribution is -0.385. The minimum atomic E-state index is -0.451. The van der Waals surface area contributed by atoms with Gasteiger partial charge in [0, 0.05) is 38.2 Å². The summed E-state index contributed by atoms with van der Waals surface area (Å²) in [5.74, 6) is -0.321. The summed E-state index contributed by atoms with van der Waals surface area (Å²) >= 11 is 0. The summed E-state index contributed by atoms with van der Waals surface area (Å²) in [6, 6.07) is 4.74. The normalized spacial score (nSPS) is 18.0. The second-order valence-electron chi connectivity index (χ2n) is 6.93. The first-order chi connectivity index (χ1) is 12.5. The molecule has 2 aliphatic heterocycles. The molecule has 0 bridgehead atoms. The highest BCUT2D eigenvalue weighted by atomic mass is 16.6. The second-order valence-corrected chi connectivity index (χ2v) is 6.93. The maximum absolute atomic E-state index is 12.5. The molecule has 1 aromatic carbocycles. The van der Waals surface area contributed by atoms with Crippen LogP contribution in [-0.4, -0.2) is 52.8 Å². The number of benzene rings is 1. The summed E-state index contributed by atoms with van der Waals surface area (Å²) in [6.45, 7) is 4.42. The van der Waals surface area contributed by atoms with E-state index in [1.807, 2.05) is 9.80 Å². The first-order valence-electron chi connectivity index (χ1n) is 9.06. The van der Waals surface area contributed by atoms with Crippen LogP contribution in [0.2, 0.25) is 0 Å². The number of carbonyl (C=O) groups is 2. The van der Waals surface area contributed by atoms with E-state index in [-0.39, 0.29) is 23.5 Å². The van der Waals surface area contributed by atoms with Crippen LogP contribution in [0.25, 0.3) is 0 Å². The van der Waals surface area contributed by atoms with E-state index in [2.05, 4.69) is 5.32 Å². The SMILES string of the molecule is Cc1c(NC(=O)C2CCN(C(=O)N3CCCC3)CC2)cccc1[N+](=O)[O-]. The van der Waals surface area contributed by atoms with E-state index in [0.717, 1.165) is 25.9 Å². The summed E-state index contributed by atoms with van der Waals surface area (Å²) in [6.07, 6.45) is 3.35. The summed E-state index contributed by atoms with van der Waals surface area (Å²) in [7, 11) is 0. The number of nitrogens with one attached hydrogen (secondary N) is 1. The van der Waals surface area contributed by atoms with E-state index in [4.69, 9.17) is 0 Å². The van der Waals surface area contributed by atoms with Gasteiger partial charge in [0.25, 0.3) is 5.69 Å². The van der Waals surface area contributed by atoms with Crippen LogP contribution in [0.4, 0.5) is 16.2 Å². The van der Waals surface area contributed by atoms with Crippen LogP contribution in [0.5, 0.6) is 0 Å². The van der Waals surface area contributed by atoms with Crippen molar-refractivity contribution >= 4 is 23.3 Å². The van der Waals surface area contributed by atoms with Crippen molar-refractivity contribution in [2.24, 2.45) is 5.92 Å². The van der Waals surface area contributed by atoms with Crippen LogP contribution >= 0.6 is 0 Å². The highest BCUT2D eigenvalue weighted by Gasteiger charge is 2.30. The number of hydrogen-bond acceptors (Lipinski definition) is 4. The van der Waals surface area contributed by atoms with Gasteiger partial charge in [-0.3, -0.25) is 14.9 Å². The van der Waals surface area contributed by atoms with E-state index >= 15 is 0 Å². The number of amides is 3. The molecule has 140 valence electrons. The fraction of sp³-hybridized carbons (Fsp3) is 0.556. The average Bonchev–Trinajstić information content (AvgIpc) is 3.17. The van der Waals surface area contributed by atoms with Gasteiger partial charge in [-0.15, -0.1) is 0 Å². The highest BCUT2D eigenvalue weighted by molar-refractivity contribution is 5.94. The lowest BCUT2D eigenvalue weighted by atomic mass is 9.95. The monoisotopic (exact) mass is 360 g/mol. The Bertz CT molecular complexity index is 707. The van der Waals surface area contributed by atoms with Crippen molar-refractivity contribution in [2.45, 2.75) is 32.6 Å². The van der Waals surface area contributed by atoms with Gasteiger partial charge in [0.15, 0.2) is 0 Å². The molecule has 2 saturated heterocycles. The van der Waals surface area contributed by atoms with E-state index < -0.39 is 4.92 Å².